The quantitative estimate of drug-likeness (QED) is 0.334. The van der Waals surface area contributed by atoms with E-state index in [2.05, 4.69) is 10.7 Å². The van der Waals surface area contributed by atoms with Gasteiger partial charge in [0.05, 0.1) is 8.07 Å². The molecule has 10 heteroatoms. The summed E-state index contributed by atoms with van der Waals surface area (Å²) in [6, 6.07) is 5.70. The number of rotatable bonds is 5. The van der Waals surface area contributed by atoms with Crippen LogP contribution >= 0.6 is 22.4 Å². The van der Waals surface area contributed by atoms with Crippen LogP contribution in [-0.4, -0.2) is 27.0 Å². The molecule has 0 aliphatic heterocycles. The fourth-order valence-corrected chi connectivity index (χ4v) is 4.39. The molecule has 0 unspecified atom stereocenters. The van der Waals surface area contributed by atoms with E-state index in [0.717, 1.165) is 5.19 Å². The minimum atomic E-state index is -5.74. The molecule has 0 atom stereocenters. The number of thioether (sulfide) groups is 1. The number of benzene rings is 1. The zero-order valence-corrected chi connectivity index (χ0v) is 14.7. The highest BCUT2D eigenvalue weighted by Gasteiger charge is 2.66. The minimum absolute atomic E-state index is 0.165. The van der Waals surface area contributed by atoms with Crippen molar-refractivity contribution in [1.29, 1.82) is 0 Å². The lowest BCUT2D eigenvalue weighted by molar-refractivity contribution is -0.0886. The molecule has 21 heavy (non-hydrogen) atoms. The van der Waals surface area contributed by atoms with Crippen LogP contribution in [0, 0.1) is 0 Å². The molecule has 0 bridgehead atoms. The second-order valence-electron chi connectivity index (χ2n) is 5.35. The van der Waals surface area contributed by atoms with E-state index in [1.54, 1.807) is 12.1 Å². The van der Waals surface area contributed by atoms with Gasteiger partial charge in [-0.15, -0.1) is 0 Å². The summed E-state index contributed by atoms with van der Waals surface area (Å²) in [5.41, 5.74) is 0. The van der Waals surface area contributed by atoms with Crippen LogP contribution in [0.1, 0.15) is 0 Å². The fourth-order valence-electron chi connectivity index (χ4n) is 1.37. The monoisotopic (exact) mass is 380 g/mol. The van der Waals surface area contributed by atoms with Gasteiger partial charge in [0.15, 0.2) is 0 Å². The molecule has 0 amide bonds. The molecule has 0 saturated carbocycles. The summed E-state index contributed by atoms with van der Waals surface area (Å²) in [4.78, 5) is -0.165. The van der Waals surface area contributed by atoms with Gasteiger partial charge in [0, 0.05) is 15.6 Å². The average Bonchev–Trinajstić information content (AvgIpc) is 2.26. The summed E-state index contributed by atoms with van der Waals surface area (Å²) >= 11 is -0.532. The molecule has 0 radical (unpaired) electrons. The van der Waals surface area contributed by atoms with Gasteiger partial charge in [0.1, 0.15) is 0 Å². The van der Waals surface area contributed by atoms with E-state index >= 15 is 0 Å². The SMILES string of the molecule is C[Si](C)(C)c1ccc(SC(F)(F)C(F)(F)S(=O)(=O)Cl)cc1. The summed E-state index contributed by atoms with van der Waals surface area (Å²) in [7, 11) is -2.98. The predicted molar refractivity (Wildman–Crippen MR) is 79.9 cm³/mol. The largest absolute Gasteiger partial charge is 0.431 e. The van der Waals surface area contributed by atoms with Crippen molar-refractivity contribution in [3.05, 3.63) is 24.3 Å². The number of hydrogen-bond donors (Lipinski definition) is 0. The first kappa shape index (κ1) is 18.8. The fraction of sp³-hybridized carbons (Fsp3) is 0.455. The Morgan fingerprint density at radius 3 is 1.81 bits per heavy atom. The van der Waals surface area contributed by atoms with Gasteiger partial charge in [-0.3, -0.25) is 0 Å². The molecule has 0 heterocycles. The van der Waals surface area contributed by atoms with Crippen molar-refractivity contribution in [2.75, 3.05) is 0 Å². The van der Waals surface area contributed by atoms with E-state index in [4.69, 9.17) is 0 Å². The maximum atomic E-state index is 13.5. The molecule has 0 spiro atoms. The van der Waals surface area contributed by atoms with Crippen LogP contribution in [0.2, 0.25) is 19.6 Å². The second kappa shape index (κ2) is 5.75. The third-order valence-corrected chi connectivity index (χ3v) is 7.28. The van der Waals surface area contributed by atoms with Gasteiger partial charge in [-0.25, -0.2) is 8.42 Å². The third kappa shape index (κ3) is 4.14. The zero-order valence-electron chi connectivity index (χ0n) is 11.3. The summed E-state index contributed by atoms with van der Waals surface area (Å²) in [6.45, 7) is 6.12. The Labute approximate surface area is 130 Å². The lowest BCUT2D eigenvalue weighted by Crippen LogP contribution is -2.42. The summed E-state index contributed by atoms with van der Waals surface area (Å²) in [5.74, 6) is 0. The highest BCUT2D eigenvalue weighted by Crippen LogP contribution is 2.50. The van der Waals surface area contributed by atoms with Gasteiger partial charge in [-0.2, -0.15) is 17.6 Å². The van der Waals surface area contributed by atoms with Crippen LogP contribution in [0.3, 0.4) is 0 Å². The van der Waals surface area contributed by atoms with Crippen molar-refractivity contribution < 1.29 is 26.0 Å². The van der Waals surface area contributed by atoms with E-state index in [-0.39, 0.29) is 4.90 Å². The maximum absolute atomic E-state index is 13.5. The molecule has 0 aliphatic carbocycles. The summed E-state index contributed by atoms with van der Waals surface area (Å²) in [5, 5.41) is -9.26. The Balaban J connectivity index is 3.06. The Kier molecular flexibility index (Phi) is 5.14. The van der Waals surface area contributed by atoms with Crippen molar-refractivity contribution in [3.63, 3.8) is 0 Å². The summed E-state index contributed by atoms with van der Waals surface area (Å²) < 4.78 is 74.5. The first-order valence-corrected chi connectivity index (χ1v) is 12.3. The first-order valence-electron chi connectivity index (χ1n) is 5.68. The lowest BCUT2D eigenvalue weighted by atomic mass is 10.4. The maximum Gasteiger partial charge on any atom is 0.431 e. The molecule has 2 nitrogen and oxygen atoms in total. The normalized spacial score (nSPS) is 14.3. The summed E-state index contributed by atoms with van der Waals surface area (Å²) in [6.07, 6.45) is 0. The molecule has 0 N–H and O–H groups in total. The van der Waals surface area contributed by atoms with Crippen molar-refractivity contribution in [1.82, 2.24) is 0 Å². The van der Waals surface area contributed by atoms with Gasteiger partial charge in [-0.1, -0.05) is 37.0 Å². The van der Waals surface area contributed by atoms with E-state index < -0.39 is 39.4 Å². The van der Waals surface area contributed by atoms with E-state index in [9.17, 15) is 26.0 Å². The lowest BCUT2D eigenvalue weighted by Gasteiger charge is -2.23. The van der Waals surface area contributed by atoms with Crippen LogP contribution in [0.25, 0.3) is 0 Å². The molecule has 120 valence electrons. The zero-order chi connectivity index (χ0) is 16.7. The van der Waals surface area contributed by atoms with E-state index in [0.29, 0.717) is 0 Å². The molecule has 1 rings (SSSR count). The molecule has 0 aromatic heterocycles. The number of halogens is 5. The van der Waals surface area contributed by atoms with Crippen molar-refractivity contribution in [2.45, 2.75) is 35.0 Å². The van der Waals surface area contributed by atoms with Gasteiger partial charge in [0.2, 0.25) is 0 Å². The minimum Gasteiger partial charge on any atom is -0.206 e. The highest BCUT2D eigenvalue weighted by molar-refractivity contribution is 8.15. The van der Waals surface area contributed by atoms with E-state index in [1.807, 2.05) is 19.6 Å². The second-order valence-corrected chi connectivity index (χ2v) is 14.2. The van der Waals surface area contributed by atoms with Crippen molar-refractivity contribution in [2.24, 2.45) is 0 Å². The van der Waals surface area contributed by atoms with Crippen LogP contribution in [0.4, 0.5) is 17.6 Å². The molecule has 1 aromatic rings. The van der Waals surface area contributed by atoms with Crippen LogP contribution in [0.15, 0.2) is 29.2 Å². The molecular weight excluding hydrogens is 368 g/mol. The standard InChI is InChI=1S/C11H13ClF4O2S2Si/c1-21(2,3)9-6-4-8(5-7-9)19-10(13,14)11(15,16)20(12,17)18/h4-7H,1-3H3. The Bertz CT molecular complexity index is 612. The first-order chi connectivity index (χ1) is 9.18. The van der Waals surface area contributed by atoms with E-state index in [1.165, 1.54) is 12.1 Å². The van der Waals surface area contributed by atoms with Crippen LogP contribution in [-0.2, 0) is 9.05 Å². The van der Waals surface area contributed by atoms with Gasteiger partial charge in [-0.05, 0) is 23.9 Å². The topological polar surface area (TPSA) is 34.1 Å². The molecule has 0 aliphatic rings. The Morgan fingerprint density at radius 1 is 1.05 bits per heavy atom. The number of alkyl halides is 4. The molecular formula is C11H13ClF4O2S2Si. The van der Waals surface area contributed by atoms with Crippen molar-refractivity contribution >= 4 is 44.8 Å². The average molecular weight is 381 g/mol. The van der Waals surface area contributed by atoms with Gasteiger partial charge < -0.3 is 0 Å². The smallest absolute Gasteiger partial charge is 0.206 e. The Hall–Kier alpha value is -0.253. The van der Waals surface area contributed by atoms with Gasteiger partial charge in [0.25, 0.3) is 0 Å². The number of hydrogen-bond acceptors (Lipinski definition) is 3. The molecule has 1 aromatic carbocycles. The third-order valence-electron chi connectivity index (χ3n) is 2.61. The Morgan fingerprint density at radius 2 is 1.48 bits per heavy atom. The van der Waals surface area contributed by atoms with Crippen LogP contribution in [0.5, 0.6) is 0 Å². The molecule has 0 saturated heterocycles. The predicted octanol–water partition coefficient (Wildman–Crippen LogP) is 4.08. The van der Waals surface area contributed by atoms with Crippen molar-refractivity contribution in [3.8, 4) is 0 Å². The van der Waals surface area contributed by atoms with Crippen LogP contribution < -0.4 is 5.19 Å². The highest BCUT2D eigenvalue weighted by atomic mass is 35.7. The molecule has 0 fully saturated rings. The van der Waals surface area contributed by atoms with Gasteiger partial charge >= 0.3 is 19.6 Å².